The average Bonchev–Trinajstić information content (AvgIpc) is 3.18. The van der Waals surface area contributed by atoms with E-state index < -0.39 is 0 Å². The van der Waals surface area contributed by atoms with Crippen LogP contribution >= 0.6 is 11.3 Å². The summed E-state index contributed by atoms with van der Waals surface area (Å²) in [7, 11) is 0. The van der Waals surface area contributed by atoms with E-state index in [-0.39, 0.29) is 0 Å². The number of hydrogen-bond donors (Lipinski definition) is 1. The number of hydrogen-bond acceptors (Lipinski definition) is 5. The van der Waals surface area contributed by atoms with Gasteiger partial charge in [0.15, 0.2) is 5.82 Å². The van der Waals surface area contributed by atoms with Crippen molar-refractivity contribution in [3.63, 3.8) is 0 Å². The Hall–Kier alpha value is -2.79. The number of nitrogens with zero attached hydrogens (tertiary/aromatic N) is 3. The number of fused-ring (bicyclic) bond motifs is 1. The minimum absolute atomic E-state index is 0.659. The van der Waals surface area contributed by atoms with Gasteiger partial charge in [0.2, 0.25) is 0 Å². The van der Waals surface area contributed by atoms with Gasteiger partial charge in [-0.05, 0) is 36.6 Å². The zero-order valence-corrected chi connectivity index (χ0v) is 16.3. The summed E-state index contributed by atoms with van der Waals surface area (Å²) >= 11 is 1.70. The standard InChI is InChI=1S/C22H22N4S/c1-15(2)12-14-24-22-17-8-4-3-7-16(17)21(25-26-22)20-11-10-19(27-20)18-9-5-6-13-23-18/h3-11,13,15H,12,14H2,1-2H3,(H,24,26). The Morgan fingerprint density at radius 3 is 2.44 bits per heavy atom. The first kappa shape index (κ1) is 17.6. The molecule has 5 heteroatoms. The number of benzene rings is 1. The minimum atomic E-state index is 0.659. The lowest BCUT2D eigenvalue weighted by Crippen LogP contribution is -2.07. The SMILES string of the molecule is CC(C)CCNc1nnc(-c2ccc(-c3ccccn3)s2)c2ccccc12. The van der Waals surface area contributed by atoms with E-state index in [9.17, 15) is 0 Å². The molecule has 1 N–H and O–H groups in total. The Morgan fingerprint density at radius 2 is 1.67 bits per heavy atom. The number of rotatable bonds is 6. The first-order chi connectivity index (χ1) is 13.2. The summed E-state index contributed by atoms with van der Waals surface area (Å²) in [6.07, 6.45) is 2.93. The number of thiophene rings is 1. The van der Waals surface area contributed by atoms with Gasteiger partial charge >= 0.3 is 0 Å². The monoisotopic (exact) mass is 374 g/mol. The maximum absolute atomic E-state index is 4.56. The molecule has 0 unspecified atom stereocenters. The van der Waals surface area contributed by atoms with Crippen LogP contribution in [0.25, 0.3) is 31.9 Å². The molecule has 0 spiro atoms. The average molecular weight is 375 g/mol. The van der Waals surface area contributed by atoms with E-state index >= 15 is 0 Å². The Kier molecular flexibility index (Phi) is 5.12. The van der Waals surface area contributed by atoms with Crippen LogP contribution in [0.1, 0.15) is 20.3 Å². The van der Waals surface area contributed by atoms with Gasteiger partial charge < -0.3 is 5.32 Å². The van der Waals surface area contributed by atoms with Crippen molar-refractivity contribution in [1.82, 2.24) is 15.2 Å². The van der Waals surface area contributed by atoms with Crippen molar-refractivity contribution in [1.29, 1.82) is 0 Å². The molecule has 0 saturated carbocycles. The lowest BCUT2D eigenvalue weighted by Gasteiger charge is -2.11. The molecule has 0 aliphatic carbocycles. The molecule has 3 aromatic heterocycles. The molecular formula is C22H22N4S. The first-order valence-corrected chi connectivity index (χ1v) is 10.0. The third-order valence-electron chi connectivity index (χ3n) is 4.46. The first-order valence-electron chi connectivity index (χ1n) is 9.23. The van der Waals surface area contributed by atoms with E-state index in [0.717, 1.165) is 50.7 Å². The van der Waals surface area contributed by atoms with Crippen LogP contribution in [0, 0.1) is 5.92 Å². The second-order valence-corrected chi connectivity index (χ2v) is 8.01. The highest BCUT2D eigenvalue weighted by atomic mass is 32.1. The third kappa shape index (κ3) is 3.83. The van der Waals surface area contributed by atoms with Gasteiger partial charge in [-0.1, -0.05) is 44.2 Å². The topological polar surface area (TPSA) is 50.7 Å². The van der Waals surface area contributed by atoms with E-state index in [1.165, 1.54) is 0 Å². The molecule has 0 saturated heterocycles. The fourth-order valence-corrected chi connectivity index (χ4v) is 3.99. The van der Waals surface area contributed by atoms with Gasteiger partial charge in [-0.25, -0.2) is 0 Å². The van der Waals surface area contributed by atoms with Crippen LogP contribution in [-0.2, 0) is 0 Å². The van der Waals surface area contributed by atoms with Crippen molar-refractivity contribution in [2.75, 3.05) is 11.9 Å². The summed E-state index contributed by atoms with van der Waals surface area (Å²) in [5, 5.41) is 14.7. The van der Waals surface area contributed by atoms with E-state index in [1.807, 2.05) is 24.4 Å². The summed E-state index contributed by atoms with van der Waals surface area (Å²) in [5.74, 6) is 1.52. The van der Waals surface area contributed by atoms with Crippen LogP contribution in [0.4, 0.5) is 5.82 Å². The molecule has 0 amide bonds. The summed E-state index contributed by atoms with van der Waals surface area (Å²) in [5.41, 5.74) is 1.91. The summed E-state index contributed by atoms with van der Waals surface area (Å²) in [6.45, 7) is 5.35. The van der Waals surface area contributed by atoms with Crippen molar-refractivity contribution < 1.29 is 0 Å². The maximum Gasteiger partial charge on any atom is 0.156 e. The minimum Gasteiger partial charge on any atom is -0.368 e. The van der Waals surface area contributed by atoms with Crippen LogP contribution in [0.15, 0.2) is 60.8 Å². The number of pyridine rings is 1. The van der Waals surface area contributed by atoms with E-state index in [0.29, 0.717) is 5.92 Å². The number of aromatic nitrogens is 3. The summed E-state index contributed by atoms with van der Waals surface area (Å²) in [6, 6.07) is 18.5. The molecule has 27 heavy (non-hydrogen) atoms. The quantitative estimate of drug-likeness (QED) is 0.458. The van der Waals surface area contributed by atoms with Crippen LogP contribution in [0.3, 0.4) is 0 Å². The largest absolute Gasteiger partial charge is 0.368 e. The highest BCUT2D eigenvalue weighted by Crippen LogP contribution is 2.36. The smallest absolute Gasteiger partial charge is 0.156 e. The predicted octanol–water partition coefficient (Wildman–Crippen LogP) is 5.88. The molecule has 0 radical (unpaired) electrons. The molecule has 4 aromatic rings. The molecule has 0 bridgehead atoms. The predicted molar refractivity (Wildman–Crippen MR) is 114 cm³/mol. The van der Waals surface area contributed by atoms with Crippen LogP contribution in [0.5, 0.6) is 0 Å². The molecule has 136 valence electrons. The van der Waals surface area contributed by atoms with Gasteiger partial charge in [0.1, 0.15) is 5.69 Å². The van der Waals surface area contributed by atoms with Gasteiger partial charge in [-0.2, -0.15) is 0 Å². The van der Waals surface area contributed by atoms with Gasteiger partial charge in [0.05, 0.1) is 15.4 Å². The highest BCUT2D eigenvalue weighted by molar-refractivity contribution is 7.18. The number of nitrogens with one attached hydrogen (secondary N) is 1. The lowest BCUT2D eigenvalue weighted by molar-refractivity contribution is 0.606. The zero-order valence-electron chi connectivity index (χ0n) is 15.5. The Morgan fingerprint density at radius 1 is 0.889 bits per heavy atom. The Balaban J connectivity index is 1.70. The van der Waals surface area contributed by atoms with Crippen LogP contribution in [-0.4, -0.2) is 21.7 Å². The molecule has 3 heterocycles. The molecule has 4 nitrogen and oxygen atoms in total. The third-order valence-corrected chi connectivity index (χ3v) is 5.57. The van der Waals surface area contributed by atoms with Gasteiger partial charge in [0.25, 0.3) is 0 Å². The molecule has 4 rings (SSSR count). The van der Waals surface area contributed by atoms with Crippen molar-refractivity contribution >= 4 is 27.9 Å². The Bertz CT molecular complexity index is 1040. The van der Waals surface area contributed by atoms with Crippen molar-refractivity contribution in [2.45, 2.75) is 20.3 Å². The zero-order chi connectivity index (χ0) is 18.6. The molecule has 0 fully saturated rings. The maximum atomic E-state index is 4.56. The van der Waals surface area contributed by atoms with Gasteiger partial charge in [-0.3, -0.25) is 4.98 Å². The van der Waals surface area contributed by atoms with Crippen molar-refractivity contribution in [3.8, 4) is 21.1 Å². The molecule has 0 aliphatic rings. The highest BCUT2D eigenvalue weighted by Gasteiger charge is 2.13. The van der Waals surface area contributed by atoms with Gasteiger partial charge in [-0.15, -0.1) is 21.5 Å². The molecule has 0 atom stereocenters. The fraction of sp³-hybridized carbons (Fsp3) is 0.227. The van der Waals surface area contributed by atoms with Crippen LogP contribution < -0.4 is 5.32 Å². The van der Waals surface area contributed by atoms with E-state index in [1.54, 1.807) is 11.3 Å². The van der Waals surface area contributed by atoms with Crippen LogP contribution in [0.2, 0.25) is 0 Å². The lowest BCUT2D eigenvalue weighted by atomic mass is 10.1. The second kappa shape index (κ2) is 7.84. The van der Waals surface area contributed by atoms with E-state index in [2.05, 4.69) is 70.7 Å². The molecule has 1 aromatic carbocycles. The summed E-state index contributed by atoms with van der Waals surface area (Å²) in [4.78, 5) is 6.68. The number of anilines is 1. The second-order valence-electron chi connectivity index (χ2n) is 6.93. The normalized spacial score (nSPS) is 11.2. The fourth-order valence-electron chi connectivity index (χ4n) is 3.01. The van der Waals surface area contributed by atoms with Crippen molar-refractivity contribution in [3.05, 3.63) is 60.8 Å². The van der Waals surface area contributed by atoms with E-state index in [4.69, 9.17) is 0 Å². The molecular weight excluding hydrogens is 352 g/mol. The van der Waals surface area contributed by atoms with Crippen molar-refractivity contribution in [2.24, 2.45) is 5.92 Å². The summed E-state index contributed by atoms with van der Waals surface area (Å²) < 4.78 is 0. The Labute approximate surface area is 163 Å². The van der Waals surface area contributed by atoms with Gasteiger partial charge in [0, 0.05) is 23.5 Å². The molecule has 0 aliphatic heterocycles.